The zero-order valence-corrected chi connectivity index (χ0v) is 11.8. The molecule has 0 aliphatic heterocycles. The number of hydrogen-bond acceptors (Lipinski definition) is 6. The van der Waals surface area contributed by atoms with Gasteiger partial charge in [0.15, 0.2) is 0 Å². The van der Waals surface area contributed by atoms with Crippen molar-refractivity contribution in [2.45, 2.75) is 20.8 Å². The maximum absolute atomic E-state index is 11.5. The number of carbonyl (C=O) groups is 1. The standard InChI is InChI=1S/C14H18N2O4/c1-4-19-12-8-6-11(7-9-12)15-16-13(10(3)17)14(18)20-5-2/h6-9,17H,4-5H2,1-3H3/b13-10-,16-15?. The highest BCUT2D eigenvalue weighted by Crippen LogP contribution is 2.19. The van der Waals surface area contributed by atoms with E-state index in [1.165, 1.54) is 6.92 Å². The summed E-state index contributed by atoms with van der Waals surface area (Å²) in [7, 11) is 0. The van der Waals surface area contributed by atoms with Crippen LogP contribution in [0.4, 0.5) is 5.69 Å². The van der Waals surface area contributed by atoms with Crippen molar-refractivity contribution >= 4 is 11.7 Å². The Hall–Kier alpha value is -2.37. The zero-order chi connectivity index (χ0) is 15.0. The molecule has 1 aromatic rings. The molecule has 0 atom stereocenters. The van der Waals surface area contributed by atoms with E-state index in [1.54, 1.807) is 31.2 Å². The van der Waals surface area contributed by atoms with Gasteiger partial charge in [-0.2, -0.15) is 5.11 Å². The van der Waals surface area contributed by atoms with Gasteiger partial charge in [-0.15, -0.1) is 5.11 Å². The molecule has 0 saturated heterocycles. The van der Waals surface area contributed by atoms with Crippen LogP contribution >= 0.6 is 0 Å². The largest absolute Gasteiger partial charge is 0.510 e. The van der Waals surface area contributed by atoms with Crippen molar-refractivity contribution in [3.05, 3.63) is 35.7 Å². The van der Waals surface area contributed by atoms with E-state index in [0.717, 1.165) is 5.75 Å². The second-order valence-corrected chi connectivity index (χ2v) is 3.78. The molecule has 0 heterocycles. The monoisotopic (exact) mass is 278 g/mol. The Bertz CT molecular complexity index is 502. The van der Waals surface area contributed by atoms with E-state index in [9.17, 15) is 9.90 Å². The van der Waals surface area contributed by atoms with Crippen LogP contribution in [-0.4, -0.2) is 24.3 Å². The first-order chi connectivity index (χ1) is 9.58. The van der Waals surface area contributed by atoms with E-state index in [-0.39, 0.29) is 18.1 Å². The molecule has 1 rings (SSSR count). The van der Waals surface area contributed by atoms with Gasteiger partial charge < -0.3 is 14.6 Å². The molecule has 20 heavy (non-hydrogen) atoms. The quantitative estimate of drug-likeness (QED) is 0.373. The smallest absolute Gasteiger partial charge is 0.362 e. The highest BCUT2D eigenvalue weighted by molar-refractivity contribution is 5.88. The fraction of sp³-hybridized carbons (Fsp3) is 0.357. The van der Waals surface area contributed by atoms with Crippen molar-refractivity contribution in [1.82, 2.24) is 0 Å². The molecule has 0 spiro atoms. The van der Waals surface area contributed by atoms with Gasteiger partial charge in [0.1, 0.15) is 11.5 Å². The summed E-state index contributed by atoms with van der Waals surface area (Å²) in [6, 6.07) is 6.89. The van der Waals surface area contributed by atoms with Crippen molar-refractivity contribution in [2.24, 2.45) is 10.2 Å². The maximum atomic E-state index is 11.5. The van der Waals surface area contributed by atoms with Gasteiger partial charge in [-0.3, -0.25) is 0 Å². The number of benzene rings is 1. The van der Waals surface area contributed by atoms with Crippen LogP contribution in [-0.2, 0) is 9.53 Å². The summed E-state index contributed by atoms with van der Waals surface area (Å²) in [5.41, 5.74) is 0.331. The van der Waals surface area contributed by atoms with Gasteiger partial charge >= 0.3 is 5.97 Å². The van der Waals surface area contributed by atoms with Gasteiger partial charge in [0.2, 0.25) is 5.70 Å². The number of azo groups is 1. The van der Waals surface area contributed by atoms with Crippen LogP contribution in [0, 0.1) is 0 Å². The lowest BCUT2D eigenvalue weighted by Gasteiger charge is -2.03. The van der Waals surface area contributed by atoms with E-state index < -0.39 is 5.97 Å². The first kappa shape index (κ1) is 15.7. The molecule has 0 aliphatic carbocycles. The summed E-state index contributed by atoms with van der Waals surface area (Å²) in [6.07, 6.45) is 0. The van der Waals surface area contributed by atoms with Gasteiger partial charge in [-0.05, 0) is 45.0 Å². The van der Waals surface area contributed by atoms with Crippen LogP contribution in [0.1, 0.15) is 20.8 Å². The van der Waals surface area contributed by atoms with Crippen LogP contribution in [0.25, 0.3) is 0 Å². The van der Waals surface area contributed by atoms with E-state index >= 15 is 0 Å². The van der Waals surface area contributed by atoms with Crippen LogP contribution in [0.3, 0.4) is 0 Å². The van der Waals surface area contributed by atoms with Crippen LogP contribution in [0.2, 0.25) is 0 Å². The molecule has 0 saturated carbocycles. The number of ether oxygens (including phenoxy) is 2. The second kappa shape index (κ2) is 7.93. The first-order valence-corrected chi connectivity index (χ1v) is 6.30. The van der Waals surface area contributed by atoms with Gasteiger partial charge in [-0.25, -0.2) is 4.79 Å². The van der Waals surface area contributed by atoms with Gasteiger partial charge in [0.05, 0.1) is 18.9 Å². The minimum absolute atomic E-state index is 0.203. The Kier molecular flexibility index (Phi) is 6.22. The molecule has 1 aromatic carbocycles. The Labute approximate surface area is 117 Å². The summed E-state index contributed by atoms with van der Waals surface area (Å²) in [6.45, 7) is 5.71. The van der Waals surface area contributed by atoms with Gasteiger partial charge in [0.25, 0.3) is 0 Å². The van der Waals surface area contributed by atoms with Crippen LogP contribution < -0.4 is 4.74 Å². The van der Waals surface area contributed by atoms with Crippen molar-refractivity contribution in [3.8, 4) is 5.75 Å². The highest BCUT2D eigenvalue weighted by atomic mass is 16.5. The molecule has 0 aliphatic rings. The average molecular weight is 278 g/mol. The van der Waals surface area contributed by atoms with Crippen LogP contribution in [0.5, 0.6) is 5.75 Å². The third-order valence-electron chi connectivity index (χ3n) is 2.22. The SMILES string of the molecule is CCOC(=O)/C(N=Nc1ccc(OCC)cc1)=C(\C)O. The minimum atomic E-state index is -0.706. The van der Waals surface area contributed by atoms with Crippen molar-refractivity contribution in [3.63, 3.8) is 0 Å². The number of hydrogen-bond donors (Lipinski definition) is 1. The average Bonchev–Trinajstić information content (AvgIpc) is 2.41. The molecule has 6 nitrogen and oxygen atoms in total. The Balaban J connectivity index is 2.83. The lowest BCUT2D eigenvalue weighted by Crippen LogP contribution is -2.07. The van der Waals surface area contributed by atoms with E-state index in [1.807, 2.05) is 6.92 Å². The molecule has 6 heteroatoms. The lowest BCUT2D eigenvalue weighted by molar-refractivity contribution is -0.138. The molecule has 0 fully saturated rings. The van der Waals surface area contributed by atoms with Gasteiger partial charge in [-0.1, -0.05) is 0 Å². The molecule has 0 radical (unpaired) electrons. The van der Waals surface area contributed by atoms with E-state index in [4.69, 9.17) is 9.47 Å². The first-order valence-electron chi connectivity index (χ1n) is 6.30. The molecule has 1 N–H and O–H groups in total. The van der Waals surface area contributed by atoms with Crippen molar-refractivity contribution in [1.29, 1.82) is 0 Å². The van der Waals surface area contributed by atoms with Crippen molar-refractivity contribution in [2.75, 3.05) is 13.2 Å². The summed E-state index contributed by atoms with van der Waals surface area (Å²) in [4.78, 5) is 11.5. The Morgan fingerprint density at radius 3 is 2.35 bits per heavy atom. The molecule has 0 bridgehead atoms. The topological polar surface area (TPSA) is 80.5 Å². The molecule has 108 valence electrons. The number of aliphatic hydroxyl groups excluding tert-OH is 1. The third-order valence-corrected chi connectivity index (χ3v) is 2.22. The number of esters is 1. The van der Waals surface area contributed by atoms with E-state index in [0.29, 0.717) is 12.3 Å². The highest BCUT2D eigenvalue weighted by Gasteiger charge is 2.13. The number of nitrogens with zero attached hydrogens (tertiary/aromatic N) is 2. The van der Waals surface area contributed by atoms with Crippen molar-refractivity contribution < 1.29 is 19.4 Å². The zero-order valence-electron chi connectivity index (χ0n) is 11.8. The summed E-state index contributed by atoms with van der Waals surface area (Å²) in [5.74, 6) is -0.216. The van der Waals surface area contributed by atoms with Gasteiger partial charge in [0, 0.05) is 0 Å². The summed E-state index contributed by atoms with van der Waals surface area (Å²) < 4.78 is 10.1. The summed E-state index contributed by atoms with van der Waals surface area (Å²) in [5, 5.41) is 17.0. The second-order valence-electron chi connectivity index (χ2n) is 3.78. The van der Waals surface area contributed by atoms with Crippen LogP contribution in [0.15, 0.2) is 46.0 Å². The number of rotatable bonds is 6. The predicted molar refractivity (Wildman–Crippen MR) is 74.1 cm³/mol. The normalized spacial score (nSPS) is 12.2. The molecule has 0 aromatic heterocycles. The summed E-state index contributed by atoms with van der Waals surface area (Å²) >= 11 is 0. The fourth-order valence-corrected chi connectivity index (χ4v) is 1.34. The fourth-order valence-electron chi connectivity index (χ4n) is 1.34. The Morgan fingerprint density at radius 1 is 1.20 bits per heavy atom. The minimum Gasteiger partial charge on any atom is -0.510 e. The lowest BCUT2D eigenvalue weighted by atomic mass is 10.3. The Morgan fingerprint density at radius 2 is 1.85 bits per heavy atom. The predicted octanol–water partition coefficient (Wildman–Crippen LogP) is 3.52. The van der Waals surface area contributed by atoms with E-state index in [2.05, 4.69) is 10.2 Å². The molecular formula is C14H18N2O4. The maximum Gasteiger partial charge on any atom is 0.362 e. The third kappa shape index (κ3) is 4.72. The number of carbonyl (C=O) groups excluding carboxylic acids is 1. The number of allylic oxidation sites excluding steroid dienone is 1. The number of aliphatic hydroxyl groups is 1. The molecule has 0 unspecified atom stereocenters. The molecular weight excluding hydrogens is 260 g/mol. The molecule has 0 amide bonds.